The Morgan fingerprint density at radius 2 is 2.05 bits per heavy atom. The predicted molar refractivity (Wildman–Crippen MR) is 84.2 cm³/mol. The third-order valence-corrected chi connectivity index (χ3v) is 4.59. The van der Waals surface area contributed by atoms with Gasteiger partial charge in [-0.3, -0.25) is 0 Å². The van der Waals surface area contributed by atoms with E-state index in [4.69, 9.17) is 10.5 Å². The van der Waals surface area contributed by atoms with Crippen molar-refractivity contribution in [2.75, 3.05) is 32.8 Å². The van der Waals surface area contributed by atoms with Crippen molar-refractivity contribution in [2.24, 2.45) is 11.7 Å². The number of nitrogens with zero attached hydrogens (tertiary/aromatic N) is 1. The summed E-state index contributed by atoms with van der Waals surface area (Å²) in [4.78, 5) is 2.46. The third kappa shape index (κ3) is 3.95. The lowest BCUT2D eigenvalue weighted by atomic mass is 9.80. The first-order chi connectivity index (χ1) is 10.2. The van der Waals surface area contributed by atoms with Crippen molar-refractivity contribution in [3.05, 3.63) is 29.6 Å². The summed E-state index contributed by atoms with van der Waals surface area (Å²) in [7, 11) is 0. The molecule has 2 N–H and O–H groups in total. The highest BCUT2D eigenvalue weighted by molar-refractivity contribution is 5.32. The average molecular weight is 294 g/mol. The number of rotatable bonds is 6. The fourth-order valence-electron chi connectivity index (χ4n) is 3.29. The molecule has 0 aromatic heterocycles. The fraction of sp³-hybridized carbons (Fsp3) is 0.647. The lowest BCUT2D eigenvalue weighted by Crippen LogP contribution is -2.36. The SMILES string of the molecule is CCOc1ccc(C(CN)C2CCN(CC)CC2)cc1F. The van der Waals surface area contributed by atoms with E-state index in [1.54, 1.807) is 12.1 Å². The highest BCUT2D eigenvalue weighted by Gasteiger charge is 2.26. The van der Waals surface area contributed by atoms with Gasteiger partial charge in [0.05, 0.1) is 6.61 Å². The summed E-state index contributed by atoms with van der Waals surface area (Å²) in [5.41, 5.74) is 6.99. The Bertz CT molecular complexity index is 444. The van der Waals surface area contributed by atoms with Crippen LogP contribution in [0.15, 0.2) is 18.2 Å². The van der Waals surface area contributed by atoms with Gasteiger partial charge in [0.1, 0.15) is 0 Å². The highest BCUT2D eigenvalue weighted by atomic mass is 19.1. The predicted octanol–water partition coefficient (Wildman–Crippen LogP) is 3.00. The molecule has 1 atom stereocenters. The minimum atomic E-state index is -0.279. The molecule has 0 spiro atoms. The number of benzene rings is 1. The summed E-state index contributed by atoms with van der Waals surface area (Å²) >= 11 is 0. The lowest BCUT2D eigenvalue weighted by molar-refractivity contribution is 0.176. The van der Waals surface area contributed by atoms with E-state index in [9.17, 15) is 4.39 Å². The van der Waals surface area contributed by atoms with Crippen LogP contribution in [0, 0.1) is 11.7 Å². The topological polar surface area (TPSA) is 38.5 Å². The molecule has 1 fully saturated rings. The van der Waals surface area contributed by atoms with Crippen LogP contribution in [0.4, 0.5) is 4.39 Å². The van der Waals surface area contributed by atoms with Crippen LogP contribution in [0.5, 0.6) is 5.75 Å². The van der Waals surface area contributed by atoms with E-state index in [-0.39, 0.29) is 11.7 Å². The molecule has 1 unspecified atom stereocenters. The molecule has 1 saturated heterocycles. The van der Waals surface area contributed by atoms with Crippen molar-refractivity contribution in [1.29, 1.82) is 0 Å². The van der Waals surface area contributed by atoms with Crippen LogP contribution in [0.1, 0.15) is 38.2 Å². The lowest BCUT2D eigenvalue weighted by Gasteiger charge is -2.35. The van der Waals surface area contributed by atoms with Crippen molar-refractivity contribution in [1.82, 2.24) is 4.90 Å². The van der Waals surface area contributed by atoms with Crippen molar-refractivity contribution < 1.29 is 9.13 Å². The average Bonchev–Trinajstić information content (AvgIpc) is 2.51. The molecule has 1 aliphatic rings. The van der Waals surface area contributed by atoms with Gasteiger partial charge in [-0.2, -0.15) is 0 Å². The molecule has 2 rings (SSSR count). The number of halogens is 1. The minimum absolute atomic E-state index is 0.245. The summed E-state index contributed by atoms with van der Waals surface area (Å²) < 4.78 is 19.3. The third-order valence-electron chi connectivity index (χ3n) is 4.59. The van der Waals surface area contributed by atoms with E-state index in [0.717, 1.165) is 38.0 Å². The van der Waals surface area contributed by atoms with Crippen LogP contribution in [0.3, 0.4) is 0 Å². The van der Waals surface area contributed by atoms with Gasteiger partial charge >= 0.3 is 0 Å². The van der Waals surface area contributed by atoms with E-state index in [2.05, 4.69) is 11.8 Å². The standard InChI is InChI=1S/C17H27FN2O/c1-3-20-9-7-13(8-10-20)15(12-19)14-5-6-17(21-4-2)16(18)11-14/h5-6,11,13,15H,3-4,7-10,12,19H2,1-2H3. The molecule has 21 heavy (non-hydrogen) atoms. The molecular formula is C17H27FN2O. The van der Waals surface area contributed by atoms with Crippen LogP contribution in [-0.2, 0) is 0 Å². The van der Waals surface area contributed by atoms with Gasteiger partial charge in [-0.1, -0.05) is 13.0 Å². The normalized spacial score (nSPS) is 18.7. The molecule has 1 aliphatic heterocycles. The fourth-order valence-corrected chi connectivity index (χ4v) is 3.29. The second-order valence-electron chi connectivity index (χ2n) is 5.74. The Hall–Kier alpha value is -1.13. The van der Waals surface area contributed by atoms with E-state index in [1.807, 2.05) is 13.0 Å². The second-order valence-corrected chi connectivity index (χ2v) is 5.74. The van der Waals surface area contributed by atoms with Crippen molar-refractivity contribution >= 4 is 0 Å². The second kappa shape index (κ2) is 7.76. The Kier molecular flexibility index (Phi) is 6.00. The van der Waals surface area contributed by atoms with E-state index >= 15 is 0 Å². The quantitative estimate of drug-likeness (QED) is 0.876. The number of piperidine rings is 1. The number of hydrogen-bond donors (Lipinski definition) is 1. The Morgan fingerprint density at radius 1 is 1.33 bits per heavy atom. The van der Waals surface area contributed by atoms with Gasteiger partial charge in [0, 0.05) is 0 Å². The smallest absolute Gasteiger partial charge is 0.165 e. The molecule has 1 heterocycles. The monoisotopic (exact) mass is 294 g/mol. The number of hydrogen-bond acceptors (Lipinski definition) is 3. The molecule has 1 aromatic rings. The summed E-state index contributed by atoms with van der Waals surface area (Å²) in [5.74, 6) is 0.848. The van der Waals surface area contributed by atoms with Crippen LogP contribution >= 0.6 is 0 Å². The van der Waals surface area contributed by atoms with Crippen molar-refractivity contribution in [2.45, 2.75) is 32.6 Å². The Morgan fingerprint density at radius 3 is 2.57 bits per heavy atom. The molecular weight excluding hydrogens is 267 g/mol. The van der Waals surface area contributed by atoms with Crippen molar-refractivity contribution in [3.63, 3.8) is 0 Å². The molecule has 1 aromatic carbocycles. The number of likely N-dealkylation sites (tertiary alicyclic amines) is 1. The molecule has 0 aliphatic carbocycles. The zero-order valence-electron chi connectivity index (χ0n) is 13.1. The van der Waals surface area contributed by atoms with E-state index in [1.165, 1.54) is 0 Å². The molecule has 0 radical (unpaired) electrons. The number of ether oxygens (including phenoxy) is 1. The van der Waals surface area contributed by atoms with Gasteiger partial charge < -0.3 is 15.4 Å². The van der Waals surface area contributed by atoms with Crippen LogP contribution in [0.2, 0.25) is 0 Å². The highest BCUT2D eigenvalue weighted by Crippen LogP contribution is 2.33. The van der Waals surface area contributed by atoms with Gasteiger partial charge in [0.25, 0.3) is 0 Å². The van der Waals surface area contributed by atoms with Gasteiger partial charge in [0.2, 0.25) is 0 Å². The maximum atomic E-state index is 14.0. The van der Waals surface area contributed by atoms with Crippen LogP contribution in [0.25, 0.3) is 0 Å². The first-order valence-corrected chi connectivity index (χ1v) is 8.04. The summed E-state index contributed by atoms with van der Waals surface area (Å²) in [5, 5.41) is 0. The summed E-state index contributed by atoms with van der Waals surface area (Å²) in [6.45, 7) is 8.46. The summed E-state index contributed by atoms with van der Waals surface area (Å²) in [6.07, 6.45) is 2.29. The molecule has 118 valence electrons. The minimum Gasteiger partial charge on any atom is -0.491 e. The van der Waals surface area contributed by atoms with E-state index < -0.39 is 0 Å². The van der Waals surface area contributed by atoms with Crippen LogP contribution in [-0.4, -0.2) is 37.7 Å². The van der Waals surface area contributed by atoms with Crippen molar-refractivity contribution in [3.8, 4) is 5.75 Å². The van der Waals surface area contributed by atoms with Gasteiger partial charge in [-0.05, 0) is 75.5 Å². The molecule has 0 bridgehead atoms. The maximum Gasteiger partial charge on any atom is 0.165 e. The molecule has 0 saturated carbocycles. The van der Waals surface area contributed by atoms with E-state index in [0.29, 0.717) is 24.8 Å². The van der Waals surface area contributed by atoms with Gasteiger partial charge in [-0.25, -0.2) is 4.39 Å². The van der Waals surface area contributed by atoms with Gasteiger partial charge in [0.15, 0.2) is 11.6 Å². The molecule has 0 amide bonds. The molecule has 4 heteroatoms. The first-order valence-electron chi connectivity index (χ1n) is 8.04. The van der Waals surface area contributed by atoms with Crippen LogP contribution < -0.4 is 10.5 Å². The number of nitrogens with two attached hydrogens (primary N) is 1. The Labute approximate surface area is 127 Å². The van der Waals surface area contributed by atoms with Gasteiger partial charge in [-0.15, -0.1) is 0 Å². The zero-order valence-corrected chi connectivity index (χ0v) is 13.1. The largest absolute Gasteiger partial charge is 0.491 e. The zero-order chi connectivity index (χ0) is 15.2. The maximum absolute atomic E-state index is 14.0. The summed E-state index contributed by atoms with van der Waals surface area (Å²) in [6, 6.07) is 5.31. The Balaban J connectivity index is 2.09. The molecule has 3 nitrogen and oxygen atoms in total. The first kappa shape index (κ1) is 16.2.